The van der Waals surface area contributed by atoms with Crippen molar-refractivity contribution in [3.8, 4) is 5.82 Å². The Bertz CT molecular complexity index is 1010. The third-order valence-electron chi connectivity index (χ3n) is 4.65. The Hall–Kier alpha value is -3.22. The van der Waals surface area contributed by atoms with Crippen LogP contribution in [0.3, 0.4) is 0 Å². The molecule has 1 N–H and O–H groups in total. The van der Waals surface area contributed by atoms with Crippen molar-refractivity contribution in [1.29, 1.82) is 0 Å². The molecule has 1 amide bonds. The number of nitrogens with one attached hydrogen (secondary N) is 1. The first-order valence-electron chi connectivity index (χ1n) is 9.00. The molecular formula is C20H21N5O2. The van der Waals surface area contributed by atoms with Gasteiger partial charge in [-0.3, -0.25) is 9.36 Å². The van der Waals surface area contributed by atoms with Gasteiger partial charge >= 0.3 is 0 Å². The highest BCUT2D eigenvalue weighted by atomic mass is 16.6. The van der Waals surface area contributed by atoms with Crippen molar-refractivity contribution in [3.05, 3.63) is 54.5 Å². The fourth-order valence-electron chi connectivity index (χ4n) is 3.09. The molecule has 1 aromatic carbocycles. The minimum Gasteiger partial charge on any atom is -0.382 e. The molecule has 7 heteroatoms. The molecule has 2 aromatic heterocycles. The van der Waals surface area contributed by atoms with Crippen molar-refractivity contribution < 1.29 is 9.63 Å². The summed E-state index contributed by atoms with van der Waals surface area (Å²) >= 11 is 0. The Morgan fingerprint density at radius 1 is 1.26 bits per heavy atom. The quantitative estimate of drug-likeness (QED) is 0.756. The summed E-state index contributed by atoms with van der Waals surface area (Å²) < 4.78 is 1.93. The maximum Gasteiger partial charge on any atom is 0.264 e. The number of benzene rings is 1. The van der Waals surface area contributed by atoms with Crippen molar-refractivity contribution in [3.63, 3.8) is 0 Å². The number of hydrogen-bond acceptors (Lipinski definition) is 5. The van der Waals surface area contributed by atoms with Gasteiger partial charge in [0, 0.05) is 24.7 Å². The number of hydrogen-bond donors (Lipinski definition) is 1. The summed E-state index contributed by atoms with van der Waals surface area (Å²) in [6.07, 6.45) is 3.46. The number of carbonyl (C=O) groups is 1. The van der Waals surface area contributed by atoms with E-state index >= 15 is 0 Å². The van der Waals surface area contributed by atoms with E-state index in [2.05, 4.69) is 20.4 Å². The predicted octanol–water partition coefficient (Wildman–Crippen LogP) is 2.84. The molecule has 0 aliphatic carbocycles. The van der Waals surface area contributed by atoms with Crippen LogP contribution in [0.2, 0.25) is 0 Å². The van der Waals surface area contributed by atoms with E-state index in [1.807, 2.05) is 54.8 Å². The third kappa shape index (κ3) is 3.40. The SMILES string of the molecule is CC(C)C1=NO[C@H](C(=O)NCc2cccnc2-n2cnc3ccccc32)C1. The number of carbonyl (C=O) groups excluding carboxylic acids is 1. The van der Waals surface area contributed by atoms with E-state index < -0.39 is 6.10 Å². The Balaban J connectivity index is 1.50. The number of pyridine rings is 1. The number of aromatic nitrogens is 3. The number of nitrogens with zero attached hydrogens (tertiary/aromatic N) is 4. The van der Waals surface area contributed by atoms with Crippen LogP contribution in [0.15, 0.2) is 54.1 Å². The first-order valence-corrected chi connectivity index (χ1v) is 9.00. The lowest BCUT2D eigenvalue weighted by atomic mass is 10.0. The normalized spacial score (nSPS) is 16.4. The first-order chi connectivity index (χ1) is 13.1. The summed E-state index contributed by atoms with van der Waals surface area (Å²) in [5.74, 6) is 0.861. The van der Waals surface area contributed by atoms with E-state index in [9.17, 15) is 4.79 Å². The van der Waals surface area contributed by atoms with Gasteiger partial charge in [-0.1, -0.05) is 37.2 Å². The van der Waals surface area contributed by atoms with Crippen LogP contribution in [0.4, 0.5) is 0 Å². The Labute approximate surface area is 157 Å². The summed E-state index contributed by atoms with van der Waals surface area (Å²) in [6.45, 7) is 4.44. The Kier molecular flexibility index (Phi) is 4.58. The van der Waals surface area contributed by atoms with Gasteiger partial charge in [0.25, 0.3) is 5.91 Å². The van der Waals surface area contributed by atoms with Gasteiger partial charge in [0.15, 0.2) is 0 Å². The van der Waals surface area contributed by atoms with Gasteiger partial charge in [0.05, 0.1) is 16.7 Å². The zero-order valence-electron chi connectivity index (χ0n) is 15.3. The molecular weight excluding hydrogens is 342 g/mol. The van der Waals surface area contributed by atoms with Crippen LogP contribution in [0.25, 0.3) is 16.9 Å². The highest BCUT2D eigenvalue weighted by Crippen LogP contribution is 2.20. The number of oxime groups is 1. The summed E-state index contributed by atoms with van der Waals surface area (Å²) in [5, 5.41) is 6.96. The van der Waals surface area contributed by atoms with E-state index in [0.717, 1.165) is 28.1 Å². The molecule has 0 unspecified atom stereocenters. The summed E-state index contributed by atoms with van der Waals surface area (Å²) in [5.41, 5.74) is 3.69. The largest absolute Gasteiger partial charge is 0.382 e. The lowest BCUT2D eigenvalue weighted by Crippen LogP contribution is -2.34. The molecule has 4 rings (SSSR count). The molecule has 0 saturated carbocycles. The van der Waals surface area contributed by atoms with Crippen molar-refractivity contribution in [2.75, 3.05) is 0 Å². The van der Waals surface area contributed by atoms with Gasteiger partial charge in [-0.05, 0) is 24.1 Å². The third-order valence-corrected chi connectivity index (χ3v) is 4.65. The van der Waals surface area contributed by atoms with Crippen LogP contribution >= 0.6 is 0 Å². The van der Waals surface area contributed by atoms with Gasteiger partial charge in [0.1, 0.15) is 12.1 Å². The fraction of sp³-hybridized carbons (Fsp3) is 0.300. The molecule has 3 heterocycles. The zero-order chi connectivity index (χ0) is 18.8. The molecule has 0 spiro atoms. The number of imidazole rings is 1. The second kappa shape index (κ2) is 7.19. The standard InChI is InChI=1S/C20H21N5O2/c1-13(2)16-10-18(27-24-16)20(26)22-11-14-6-5-9-21-19(14)25-12-23-15-7-3-4-8-17(15)25/h3-9,12-13,18H,10-11H2,1-2H3,(H,22,26)/t18-/m0/s1. The molecule has 0 radical (unpaired) electrons. The Morgan fingerprint density at radius 3 is 2.93 bits per heavy atom. The molecule has 1 aliphatic heterocycles. The number of rotatable bonds is 5. The van der Waals surface area contributed by atoms with E-state index in [1.165, 1.54) is 0 Å². The second-order valence-corrected chi connectivity index (χ2v) is 6.84. The highest BCUT2D eigenvalue weighted by molar-refractivity contribution is 5.93. The van der Waals surface area contributed by atoms with Crippen molar-refractivity contribution in [2.45, 2.75) is 32.9 Å². The fourth-order valence-corrected chi connectivity index (χ4v) is 3.09. The molecule has 3 aromatic rings. The summed E-state index contributed by atoms with van der Waals surface area (Å²) in [6, 6.07) is 11.7. The zero-order valence-corrected chi connectivity index (χ0v) is 15.3. The molecule has 27 heavy (non-hydrogen) atoms. The van der Waals surface area contributed by atoms with Crippen LogP contribution in [-0.4, -0.2) is 32.3 Å². The van der Waals surface area contributed by atoms with Gasteiger partial charge in [-0.25, -0.2) is 9.97 Å². The highest BCUT2D eigenvalue weighted by Gasteiger charge is 2.29. The van der Waals surface area contributed by atoms with E-state index in [0.29, 0.717) is 13.0 Å². The molecule has 1 atom stereocenters. The van der Waals surface area contributed by atoms with Gasteiger partial charge in [0.2, 0.25) is 6.10 Å². The molecule has 7 nitrogen and oxygen atoms in total. The van der Waals surface area contributed by atoms with Crippen LogP contribution in [0.1, 0.15) is 25.8 Å². The minimum absolute atomic E-state index is 0.167. The van der Waals surface area contributed by atoms with Crippen molar-refractivity contribution >= 4 is 22.7 Å². The second-order valence-electron chi connectivity index (χ2n) is 6.84. The predicted molar refractivity (Wildman–Crippen MR) is 102 cm³/mol. The van der Waals surface area contributed by atoms with Crippen molar-refractivity contribution in [2.24, 2.45) is 11.1 Å². The summed E-state index contributed by atoms with van der Waals surface area (Å²) in [7, 11) is 0. The number of fused-ring (bicyclic) bond motifs is 1. The molecule has 138 valence electrons. The van der Waals surface area contributed by atoms with Crippen LogP contribution < -0.4 is 5.32 Å². The lowest BCUT2D eigenvalue weighted by Gasteiger charge is -2.13. The van der Waals surface area contributed by atoms with Crippen LogP contribution in [0.5, 0.6) is 0 Å². The average molecular weight is 363 g/mol. The van der Waals surface area contributed by atoms with Gasteiger partial charge in [-0.15, -0.1) is 0 Å². The maximum absolute atomic E-state index is 12.4. The van der Waals surface area contributed by atoms with E-state index in [-0.39, 0.29) is 11.8 Å². The monoisotopic (exact) mass is 363 g/mol. The van der Waals surface area contributed by atoms with E-state index in [4.69, 9.17) is 4.84 Å². The summed E-state index contributed by atoms with van der Waals surface area (Å²) in [4.78, 5) is 26.6. The minimum atomic E-state index is -0.559. The topological polar surface area (TPSA) is 81.4 Å². The first kappa shape index (κ1) is 17.2. The smallest absolute Gasteiger partial charge is 0.264 e. The average Bonchev–Trinajstić information content (AvgIpc) is 3.34. The molecule has 1 aliphatic rings. The van der Waals surface area contributed by atoms with Crippen LogP contribution in [0, 0.1) is 5.92 Å². The Morgan fingerprint density at radius 2 is 2.11 bits per heavy atom. The van der Waals surface area contributed by atoms with Crippen molar-refractivity contribution in [1.82, 2.24) is 19.9 Å². The number of para-hydroxylation sites is 2. The molecule has 0 fully saturated rings. The van der Waals surface area contributed by atoms with Crippen LogP contribution in [-0.2, 0) is 16.2 Å². The molecule has 0 bridgehead atoms. The van der Waals surface area contributed by atoms with Gasteiger partial charge in [-0.2, -0.15) is 0 Å². The number of amides is 1. The molecule has 0 saturated heterocycles. The lowest BCUT2D eigenvalue weighted by molar-refractivity contribution is -0.131. The maximum atomic E-state index is 12.4. The van der Waals surface area contributed by atoms with E-state index in [1.54, 1.807) is 12.5 Å². The van der Waals surface area contributed by atoms with Gasteiger partial charge < -0.3 is 10.2 Å².